The lowest BCUT2D eigenvalue weighted by atomic mass is 10.1. The van der Waals surface area contributed by atoms with Crippen LogP contribution in [0.5, 0.6) is 0 Å². The van der Waals surface area contributed by atoms with Gasteiger partial charge in [0.2, 0.25) is 0 Å². The lowest BCUT2D eigenvalue weighted by Gasteiger charge is -2.20. The van der Waals surface area contributed by atoms with Crippen LogP contribution in [0.25, 0.3) is 0 Å². The largest absolute Gasteiger partial charge is 0.356 e. The van der Waals surface area contributed by atoms with Gasteiger partial charge in [0.05, 0.1) is 16.6 Å². The van der Waals surface area contributed by atoms with Gasteiger partial charge < -0.3 is 10.6 Å². The summed E-state index contributed by atoms with van der Waals surface area (Å²) in [6.45, 7) is 1.98. The summed E-state index contributed by atoms with van der Waals surface area (Å²) in [6.07, 6.45) is 1.90. The van der Waals surface area contributed by atoms with Gasteiger partial charge in [-0.05, 0) is 54.5 Å². The quantitative estimate of drug-likeness (QED) is 0.667. The molecule has 0 amide bonds. The molecule has 0 saturated heterocycles. The number of hydrogen-bond donors (Lipinski definition) is 2. The fourth-order valence-electron chi connectivity index (χ4n) is 2.28. The van der Waals surface area contributed by atoms with Crippen molar-refractivity contribution >= 4 is 48.8 Å². The zero-order valence-electron chi connectivity index (χ0n) is 13.7. The standard InChI is InChI=1S/C17H18BrFN2O2S2/c1-3-15(11-4-7-13(8-5-11)25(2,22)23)20-17(24)21-16-9-6-12(18)10-14(16)19/h4-10,15H,3H2,1-2H3,(H2,20,21,24)/t15-/m0/s1. The Kier molecular flexibility index (Phi) is 6.53. The minimum absolute atomic E-state index is 0.118. The normalized spacial score (nSPS) is 12.5. The molecule has 0 heterocycles. The van der Waals surface area contributed by atoms with E-state index in [-0.39, 0.29) is 16.6 Å². The molecule has 1 atom stereocenters. The molecule has 2 N–H and O–H groups in total. The molecule has 0 radical (unpaired) electrons. The highest BCUT2D eigenvalue weighted by atomic mass is 79.9. The maximum absolute atomic E-state index is 13.9. The van der Waals surface area contributed by atoms with Gasteiger partial charge in [0, 0.05) is 10.7 Å². The van der Waals surface area contributed by atoms with Gasteiger partial charge in [-0.25, -0.2) is 12.8 Å². The Morgan fingerprint density at radius 1 is 1.24 bits per heavy atom. The maximum Gasteiger partial charge on any atom is 0.175 e. The maximum atomic E-state index is 13.9. The zero-order chi connectivity index (χ0) is 18.6. The SMILES string of the molecule is CC[C@H](NC(=S)Nc1ccc(Br)cc1F)c1ccc(S(C)(=O)=O)cc1. The van der Waals surface area contributed by atoms with Crippen molar-refractivity contribution in [3.63, 3.8) is 0 Å². The Morgan fingerprint density at radius 2 is 1.88 bits per heavy atom. The van der Waals surface area contributed by atoms with Crippen LogP contribution in [0.3, 0.4) is 0 Å². The van der Waals surface area contributed by atoms with Crippen LogP contribution in [0.1, 0.15) is 24.9 Å². The van der Waals surface area contributed by atoms with Crippen molar-refractivity contribution in [3.8, 4) is 0 Å². The number of rotatable bonds is 5. The van der Waals surface area contributed by atoms with E-state index in [9.17, 15) is 12.8 Å². The molecule has 0 aliphatic carbocycles. The Balaban J connectivity index is 2.09. The summed E-state index contributed by atoms with van der Waals surface area (Å²) in [4.78, 5) is 0.267. The molecule has 2 aromatic rings. The van der Waals surface area contributed by atoms with Crippen molar-refractivity contribution in [3.05, 3.63) is 58.3 Å². The molecule has 0 spiro atoms. The fourth-order valence-corrected chi connectivity index (χ4v) is 3.49. The first kappa shape index (κ1) is 19.8. The molecule has 2 aromatic carbocycles. The van der Waals surface area contributed by atoms with Gasteiger partial charge in [0.25, 0.3) is 0 Å². The number of sulfone groups is 1. The lowest BCUT2D eigenvalue weighted by Crippen LogP contribution is -2.32. The average Bonchev–Trinajstić information content (AvgIpc) is 2.54. The number of nitrogens with one attached hydrogen (secondary N) is 2. The fraction of sp³-hybridized carbons (Fsp3) is 0.235. The van der Waals surface area contributed by atoms with Crippen molar-refractivity contribution in [2.75, 3.05) is 11.6 Å². The van der Waals surface area contributed by atoms with Crippen LogP contribution < -0.4 is 10.6 Å². The monoisotopic (exact) mass is 444 g/mol. The van der Waals surface area contributed by atoms with Crippen LogP contribution in [0.2, 0.25) is 0 Å². The van der Waals surface area contributed by atoms with Crippen molar-refractivity contribution in [1.29, 1.82) is 0 Å². The van der Waals surface area contributed by atoms with Crippen LogP contribution in [0.4, 0.5) is 10.1 Å². The van der Waals surface area contributed by atoms with E-state index in [0.717, 1.165) is 12.0 Å². The van der Waals surface area contributed by atoms with Gasteiger partial charge in [0.1, 0.15) is 5.82 Å². The molecule has 0 fully saturated rings. The molecule has 2 rings (SSSR count). The summed E-state index contributed by atoms with van der Waals surface area (Å²) >= 11 is 8.46. The smallest absolute Gasteiger partial charge is 0.175 e. The predicted molar refractivity (Wildman–Crippen MR) is 106 cm³/mol. The molecule has 0 aromatic heterocycles. The third-order valence-corrected chi connectivity index (χ3v) is 5.45. The average molecular weight is 445 g/mol. The second-order valence-electron chi connectivity index (χ2n) is 5.52. The number of anilines is 1. The van der Waals surface area contributed by atoms with Crippen molar-refractivity contribution in [1.82, 2.24) is 5.32 Å². The summed E-state index contributed by atoms with van der Waals surface area (Å²) < 4.78 is 37.6. The highest BCUT2D eigenvalue weighted by Crippen LogP contribution is 2.21. The number of benzene rings is 2. The minimum Gasteiger partial charge on any atom is -0.356 e. The second-order valence-corrected chi connectivity index (χ2v) is 8.86. The molecular weight excluding hydrogens is 427 g/mol. The molecule has 4 nitrogen and oxygen atoms in total. The highest BCUT2D eigenvalue weighted by molar-refractivity contribution is 9.10. The van der Waals surface area contributed by atoms with Gasteiger partial charge in [0.15, 0.2) is 14.9 Å². The first-order chi connectivity index (χ1) is 11.7. The first-order valence-corrected chi connectivity index (χ1v) is 10.6. The molecule has 25 heavy (non-hydrogen) atoms. The van der Waals surface area contributed by atoms with Crippen LogP contribution in [0, 0.1) is 5.82 Å². The summed E-state index contributed by atoms with van der Waals surface area (Å²) in [7, 11) is -3.23. The Labute approximate surface area is 160 Å². The van der Waals surface area contributed by atoms with E-state index in [1.807, 2.05) is 6.92 Å². The molecule has 0 bridgehead atoms. The third kappa shape index (κ3) is 5.49. The molecule has 8 heteroatoms. The van der Waals surface area contributed by atoms with E-state index in [0.29, 0.717) is 9.59 Å². The van der Waals surface area contributed by atoms with Gasteiger partial charge >= 0.3 is 0 Å². The Hall–Kier alpha value is -1.51. The summed E-state index contributed by atoms with van der Waals surface area (Å²) in [5.41, 5.74) is 1.18. The number of halogens is 2. The second kappa shape index (κ2) is 8.25. The minimum atomic E-state index is -3.23. The van der Waals surface area contributed by atoms with Gasteiger partial charge in [-0.3, -0.25) is 0 Å². The first-order valence-electron chi connectivity index (χ1n) is 7.53. The van der Waals surface area contributed by atoms with Gasteiger partial charge in [-0.15, -0.1) is 0 Å². The van der Waals surface area contributed by atoms with Crippen molar-refractivity contribution in [2.24, 2.45) is 0 Å². The van der Waals surface area contributed by atoms with E-state index in [1.54, 1.807) is 36.4 Å². The highest BCUT2D eigenvalue weighted by Gasteiger charge is 2.14. The third-order valence-electron chi connectivity index (χ3n) is 3.60. The number of thiocarbonyl (C=S) groups is 1. The molecule has 0 aliphatic rings. The summed E-state index contributed by atoms with van der Waals surface area (Å²) in [5.74, 6) is -0.413. The topological polar surface area (TPSA) is 58.2 Å². The molecule has 0 aliphatic heterocycles. The van der Waals surface area contributed by atoms with Crippen molar-refractivity contribution < 1.29 is 12.8 Å². The summed E-state index contributed by atoms with van der Waals surface area (Å²) in [6, 6.07) is 11.2. The number of hydrogen-bond acceptors (Lipinski definition) is 3. The molecule has 134 valence electrons. The van der Waals surface area contributed by atoms with E-state index in [1.165, 1.54) is 12.3 Å². The summed E-state index contributed by atoms with van der Waals surface area (Å²) in [5, 5.41) is 6.25. The zero-order valence-corrected chi connectivity index (χ0v) is 16.9. The predicted octanol–water partition coefficient (Wildman–Crippen LogP) is 4.43. The van der Waals surface area contributed by atoms with Crippen LogP contribution in [-0.2, 0) is 9.84 Å². The van der Waals surface area contributed by atoms with Crippen molar-refractivity contribution in [2.45, 2.75) is 24.3 Å². The molecular formula is C17H18BrFN2O2S2. The van der Waals surface area contributed by atoms with Crippen LogP contribution in [0.15, 0.2) is 51.8 Å². The van der Waals surface area contributed by atoms with Gasteiger partial charge in [-0.2, -0.15) is 0 Å². The van der Waals surface area contributed by atoms with Crippen LogP contribution in [-0.4, -0.2) is 19.8 Å². The van der Waals surface area contributed by atoms with E-state index >= 15 is 0 Å². The lowest BCUT2D eigenvalue weighted by molar-refractivity contribution is 0.601. The van der Waals surface area contributed by atoms with Gasteiger partial charge in [-0.1, -0.05) is 35.0 Å². The molecule has 0 unspecified atom stereocenters. The van der Waals surface area contributed by atoms with E-state index < -0.39 is 15.7 Å². The molecule has 0 saturated carbocycles. The van der Waals surface area contributed by atoms with E-state index in [4.69, 9.17) is 12.2 Å². The van der Waals surface area contributed by atoms with E-state index in [2.05, 4.69) is 26.6 Å². The Morgan fingerprint density at radius 3 is 2.40 bits per heavy atom. The Bertz CT molecular complexity index is 871. The van der Waals surface area contributed by atoms with Crippen LogP contribution >= 0.6 is 28.1 Å².